The van der Waals surface area contributed by atoms with E-state index in [-0.39, 0.29) is 29.6 Å². The van der Waals surface area contributed by atoms with Crippen LogP contribution in [0.5, 0.6) is 0 Å². The minimum Gasteiger partial charge on any atom is -0.481 e. The predicted molar refractivity (Wildman–Crippen MR) is 95.0 cm³/mol. The normalized spacial score (nSPS) is 29.7. The lowest BCUT2D eigenvalue weighted by molar-refractivity contribution is -0.148. The second-order valence-electron chi connectivity index (χ2n) is 7.99. The number of rotatable bonds is 3. The number of H-pyrrole nitrogens is 1. The van der Waals surface area contributed by atoms with Gasteiger partial charge in [0.2, 0.25) is 5.56 Å². The quantitative estimate of drug-likeness (QED) is 0.845. The Kier molecular flexibility index (Phi) is 4.34. The van der Waals surface area contributed by atoms with Crippen molar-refractivity contribution < 1.29 is 14.7 Å². The number of pyridine rings is 1. The molecule has 0 spiro atoms. The minimum absolute atomic E-state index is 0.0543. The monoisotopic (exact) mass is 359 g/mol. The van der Waals surface area contributed by atoms with E-state index < -0.39 is 11.4 Å². The smallest absolute Gasteiger partial charge is 0.313 e. The van der Waals surface area contributed by atoms with E-state index in [1.165, 1.54) is 25.3 Å². The number of hydrogen-bond acceptors (Lipinski definition) is 4. The van der Waals surface area contributed by atoms with E-state index in [2.05, 4.69) is 9.88 Å². The second kappa shape index (κ2) is 6.54. The first-order valence-corrected chi connectivity index (χ1v) is 9.46. The van der Waals surface area contributed by atoms with Gasteiger partial charge < -0.3 is 15.0 Å². The number of nitrogens with zero attached hydrogens (tertiary/aromatic N) is 2. The number of nitrogens with one attached hydrogen (secondary N) is 1. The fourth-order valence-corrected chi connectivity index (χ4v) is 5.03. The van der Waals surface area contributed by atoms with Crippen molar-refractivity contribution in [2.45, 2.75) is 38.1 Å². The van der Waals surface area contributed by atoms with Crippen molar-refractivity contribution in [1.82, 2.24) is 14.8 Å². The summed E-state index contributed by atoms with van der Waals surface area (Å²) in [6.07, 6.45) is 6.01. The minimum atomic E-state index is -0.887. The van der Waals surface area contributed by atoms with E-state index in [1.54, 1.807) is 17.0 Å². The van der Waals surface area contributed by atoms with Crippen LogP contribution in [0.15, 0.2) is 23.0 Å². The molecule has 2 atom stereocenters. The Bertz CT molecular complexity index is 770. The summed E-state index contributed by atoms with van der Waals surface area (Å²) in [6, 6.07) is 4.96. The Labute approximate surface area is 152 Å². The van der Waals surface area contributed by atoms with Crippen molar-refractivity contribution in [1.29, 1.82) is 0 Å². The number of carboxylic acid groups (broad SMARTS) is 1. The molecular formula is C19H25N3O4. The number of carbonyl (C=O) groups excluding carboxylic acids is 1. The fourth-order valence-electron chi connectivity index (χ4n) is 5.03. The molecule has 2 aliphatic heterocycles. The number of aliphatic carboxylic acids is 1. The highest BCUT2D eigenvalue weighted by molar-refractivity contribution is 5.93. The van der Waals surface area contributed by atoms with Crippen LogP contribution in [0.1, 0.15) is 42.6 Å². The predicted octanol–water partition coefficient (Wildman–Crippen LogP) is 1.17. The Morgan fingerprint density at radius 1 is 1.12 bits per heavy atom. The second-order valence-corrected chi connectivity index (χ2v) is 7.99. The SMILES string of the molecule is O=C(c1cccc(=O)[nH]1)N1C[C@H]2CN(C3CCCCC3)C[C@@]2(C(=O)O)C1. The van der Waals surface area contributed by atoms with Gasteiger partial charge in [-0.2, -0.15) is 0 Å². The molecule has 7 nitrogen and oxygen atoms in total. The van der Waals surface area contributed by atoms with Crippen LogP contribution in [0.2, 0.25) is 0 Å². The number of likely N-dealkylation sites (tertiary alicyclic amines) is 2. The zero-order chi connectivity index (χ0) is 18.3. The molecule has 1 amide bonds. The summed E-state index contributed by atoms with van der Waals surface area (Å²) in [7, 11) is 0. The van der Waals surface area contributed by atoms with Crippen LogP contribution in [0.25, 0.3) is 0 Å². The van der Waals surface area contributed by atoms with Crippen molar-refractivity contribution in [3.05, 3.63) is 34.2 Å². The van der Waals surface area contributed by atoms with Crippen LogP contribution in [0.4, 0.5) is 0 Å². The summed E-state index contributed by atoms with van der Waals surface area (Å²) in [4.78, 5) is 42.9. The Morgan fingerprint density at radius 3 is 2.54 bits per heavy atom. The van der Waals surface area contributed by atoms with Crippen LogP contribution in [0, 0.1) is 11.3 Å². The number of carboxylic acids is 1. The van der Waals surface area contributed by atoms with Gasteiger partial charge in [0.1, 0.15) is 11.1 Å². The number of carbonyl (C=O) groups is 2. The number of aromatic amines is 1. The molecule has 4 rings (SSSR count). The molecule has 0 unspecified atom stereocenters. The topological polar surface area (TPSA) is 93.7 Å². The fraction of sp³-hybridized carbons (Fsp3) is 0.632. The van der Waals surface area contributed by atoms with Gasteiger partial charge in [-0.05, 0) is 18.9 Å². The van der Waals surface area contributed by atoms with E-state index in [4.69, 9.17) is 0 Å². The molecule has 0 radical (unpaired) electrons. The molecule has 1 aromatic heterocycles. The maximum absolute atomic E-state index is 12.7. The van der Waals surface area contributed by atoms with Gasteiger partial charge in [0, 0.05) is 44.2 Å². The third-order valence-corrected chi connectivity index (χ3v) is 6.44. The first-order chi connectivity index (χ1) is 12.5. The summed E-state index contributed by atoms with van der Waals surface area (Å²) < 4.78 is 0. The third-order valence-electron chi connectivity index (χ3n) is 6.44. The summed E-state index contributed by atoms with van der Waals surface area (Å²) in [5, 5.41) is 9.98. The van der Waals surface area contributed by atoms with E-state index in [0.717, 1.165) is 19.4 Å². The van der Waals surface area contributed by atoms with Crippen molar-refractivity contribution in [2.24, 2.45) is 11.3 Å². The van der Waals surface area contributed by atoms with Crippen LogP contribution >= 0.6 is 0 Å². The van der Waals surface area contributed by atoms with Crippen molar-refractivity contribution >= 4 is 11.9 Å². The molecule has 3 aliphatic rings. The van der Waals surface area contributed by atoms with Gasteiger partial charge in [-0.15, -0.1) is 0 Å². The maximum atomic E-state index is 12.7. The maximum Gasteiger partial charge on any atom is 0.313 e. The first kappa shape index (κ1) is 17.3. The van der Waals surface area contributed by atoms with Crippen molar-refractivity contribution in [3.8, 4) is 0 Å². The van der Waals surface area contributed by atoms with Gasteiger partial charge in [0.25, 0.3) is 5.91 Å². The van der Waals surface area contributed by atoms with E-state index in [1.807, 2.05) is 0 Å². The average molecular weight is 359 g/mol. The van der Waals surface area contributed by atoms with Crippen molar-refractivity contribution in [2.75, 3.05) is 26.2 Å². The zero-order valence-corrected chi connectivity index (χ0v) is 14.8. The largest absolute Gasteiger partial charge is 0.481 e. The molecule has 140 valence electrons. The van der Waals surface area contributed by atoms with Gasteiger partial charge in [0.15, 0.2) is 0 Å². The molecule has 0 aromatic carbocycles. The molecule has 1 aliphatic carbocycles. The van der Waals surface area contributed by atoms with Crippen LogP contribution in [-0.2, 0) is 4.79 Å². The molecule has 2 saturated heterocycles. The van der Waals surface area contributed by atoms with Gasteiger partial charge in [0.05, 0.1) is 0 Å². The average Bonchev–Trinajstić information content (AvgIpc) is 3.17. The standard InChI is InChI=1S/C19H25N3O4/c23-16-8-4-7-15(20-16)17(24)22-10-13-9-21(14-5-2-1-3-6-14)11-19(13,12-22)18(25)26/h4,7-8,13-14H,1-3,5-6,9-12H2,(H,20,23)(H,25,26)/t13-,19-/m1/s1. The molecule has 7 heteroatoms. The van der Waals surface area contributed by atoms with Crippen LogP contribution in [0.3, 0.4) is 0 Å². The molecule has 1 aromatic rings. The third kappa shape index (κ3) is 2.84. The number of amides is 1. The molecule has 3 heterocycles. The molecule has 26 heavy (non-hydrogen) atoms. The number of fused-ring (bicyclic) bond motifs is 1. The summed E-state index contributed by atoms with van der Waals surface area (Å²) >= 11 is 0. The van der Waals surface area contributed by atoms with E-state index in [0.29, 0.717) is 19.1 Å². The van der Waals surface area contributed by atoms with Gasteiger partial charge in [-0.25, -0.2) is 0 Å². The van der Waals surface area contributed by atoms with Crippen LogP contribution in [-0.4, -0.2) is 64.0 Å². The lowest BCUT2D eigenvalue weighted by Gasteiger charge is -2.33. The van der Waals surface area contributed by atoms with E-state index >= 15 is 0 Å². The number of hydrogen-bond donors (Lipinski definition) is 2. The lowest BCUT2D eigenvalue weighted by atomic mass is 9.81. The zero-order valence-electron chi connectivity index (χ0n) is 14.8. The highest BCUT2D eigenvalue weighted by Gasteiger charge is 2.59. The van der Waals surface area contributed by atoms with Gasteiger partial charge in [-0.3, -0.25) is 19.3 Å². The molecular weight excluding hydrogens is 334 g/mol. The van der Waals surface area contributed by atoms with Crippen molar-refractivity contribution in [3.63, 3.8) is 0 Å². The Balaban J connectivity index is 1.52. The lowest BCUT2D eigenvalue weighted by Crippen LogP contribution is -2.44. The highest BCUT2D eigenvalue weighted by atomic mass is 16.4. The molecule has 3 fully saturated rings. The summed E-state index contributed by atoms with van der Waals surface area (Å²) in [5.74, 6) is -1.15. The molecule has 0 bridgehead atoms. The Hall–Kier alpha value is -2.15. The Morgan fingerprint density at radius 2 is 1.88 bits per heavy atom. The molecule has 2 N–H and O–H groups in total. The first-order valence-electron chi connectivity index (χ1n) is 9.46. The molecule has 1 saturated carbocycles. The highest BCUT2D eigenvalue weighted by Crippen LogP contribution is 2.45. The summed E-state index contributed by atoms with van der Waals surface area (Å²) in [5.41, 5.74) is -0.990. The van der Waals surface area contributed by atoms with Gasteiger partial charge >= 0.3 is 5.97 Å². The van der Waals surface area contributed by atoms with Gasteiger partial charge in [-0.1, -0.05) is 25.3 Å². The number of aromatic nitrogens is 1. The summed E-state index contributed by atoms with van der Waals surface area (Å²) in [6.45, 7) is 1.91. The van der Waals surface area contributed by atoms with E-state index in [9.17, 15) is 19.5 Å². The van der Waals surface area contributed by atoms with Crippen LogP contribution < -0.4 is 5.56 Å².